The second-order valence-electron chi connectivity index (χ2n) is 4.83. The molecule has 2 rings (SSSR count). The van der Waals surface area contributed by atoms with E-state index >= 15 is 0 Å². The van der Waals surface area contributed by atoms with Crippen molar-refractivity contribution in [2.24, 2.45) is 0 Å². The Kier molecular flexibility index (Phi) is 7.11. The fraction of sp³-hybridized carbons (Fsp3) is 0.375. The summed E-state index contributed by atoms with van der Waals surface area (Å²) in [6.45, 7) is 0.316. The number of ether oxygens (including phenoxy) is 3. The number of benzene rings is 1. The van der Waals surface area contributed by atoms with E-state index in [1.807, 2.05) is 6.07 Å². The molecule has 0 atom stereocenters. The van der Waals surface area contributed by atoms with Crippen molar-refractivity contribution in [3.05, 3.63) is 12.1 Å². The van der Waals surface area contributed by atoms with Crippen LogP contribution in [0.15, 0.2) is 21.8 Å². The number of carbonyl (C=O) groups is 1. The third-order valence-corrected chi connectivity index (χ3v) is 4.02. The van der Waals surface area contributed by atoms with Gasteiger partial charge in [-0.25, -0.2) is 0 Å². The molecule has 2 aromatic rings. The number of methoxy groups -OCH3 is 3. The summed E-state index contributed by atoms with van der Waals surface area (Å²) in [6, 6.07) is 5.34. The summed E-state index contributed by atoms with van der Waals surface area (Å²) < 4.78 is 21.4. The largest absolute Gasteiger partial charge is 0.493 e. The molecule has 0 aliphatic rings. The summed E-state index contributed by atoms with van der Waals surface area (Å²) in [4.78, 5) is 11.6. The molecular weight excluding hydrogens is 360 g/mol. The zero-order valence-corrected chi connectivity index (χ0v) is 15.4. The Hall–Kier alpha value is -2.93. The van der Waals surface area contributed by atoms with Crippen LogP contribution in [0, 0.1) is 11.3 Å². The van der Waals surface area contributed by atoms with E-state index < -0.39 is 0 Å². The minimum Gasteiger partial charge on any atom is -0.493 e. The van der Waals surface area contributed by atoms with Gasteiger partial charge < -0.3 is 23.9 Å². The molecule has 0 bridgehead atoms. The topological polar surface area (TPSA) is 120 Å². The third kappa shape index (κ3) is 4.80. The highest BCUT2D eigenvalue weighted by molar-refractivity contribution is 7.99. The van der Waals surface area contributed by atoms with E-state index in [1.165, 1.54) is 21.3 Å². The van der Waals surface area contributed by atoms with Gasteiger partial charge in [0, 0.05) is 12.1 Å². The van der Waals surface area contributed by atoms with Crippen molar-refractivity contribution in [2.75, 3.05) is 33.6 Å². The van der Waals surface area contributed by atoms with E-state index in [2.05, 4.69) is 15.5 Å². The lowest BCUT2D eigenvalue weighted by molar-refractivity contribution is -0.118. The van der Waals surface area contributed by atoms with Gasteiger partial charge in [-0.1, -0.05) is 11.8 Å². The van der Waals surface area contributed by atoms with Crippen molar-refractivity contribution in [3.8, 4) is 34.8 Å². The smallest absolute Gasteiger partial charge is 0.277 e. The van der Waals surface area contributed by atoms with E-state index in [0.29, 0.717) is 29.4 Å². The SMILES string of the molecule is COc1cc(-c2nnc(SCC(=O)NCCC#N)o2)cc(OC)c1OC. The number of nitrogens with one attached hydrogen (secondary N) is 1. The first-order valence-electron chi connectivity index (χ1n) is 7.53. The Balaban J connectivity index is 2.09. The summed E-state index contributed by atoms with van der Waals surface area (Å²) >= 11 is 1.11. The molecule has 0 radical (unpaired) electrons. The number of nitriles is 1. The number of hydrogen-bond donors (Lipinski definition) is 1. The number of thioether (sulfide) groups is 1. The molecule has 0 aliphatic carbocycles. The fourth-order valence-electron chi connectivity index (χ4n) is 2.03. The number of hydrogen-bond acceptors (Lipinski definition) is 9. The van der Waals surface area contributed by atoms with Crippen LogP contribution < -0.4 is 19.5 Å². The van der Waals surface area contributed by atoms with Gasteiger partial charge in [0.15, 0.2) is 11.5 Å². The van der Waals surface area contributed by atoms with E-state index in [1.54, 1.807) is 12.1 Å². The van der Waals surface area contributed by atoms with E-state index in [-0.39, 0.29) is 29.2 Å². The van der Waals surface area contributed by atoms with Gasteiger partial charge in [-0.05, 0) is 12.1 Å². The maximum Gasteiger partial charge on any atom is 0.277 e. The Morgan fingerprint density at radius 3 is 2.50 bits per heavy atom. The van der Waals surface area contributed by atoms with Gasteiger partial charge in [0.05, 0.1) is 39.6 Å². The molecule has 1 aromatic carbocycles. The molecule has 1 heterocycles. The fourth-order valence-corrected chi connectivity index (χ4v) is 2.62. The van der Waals surface area contributed by atoms with Crippen molar-refractivity contribution < 1.29 is 23.4 Å². The summed E-state index contributed by atoms with van der Waals surface area (Å²) in [5.74, 6) is 1.55. The highest BCUT2D eigenvalue weighted by Gasteiger charge is 2.18. The molecule has 26 heavy (non-hydrogen) atoms. The van der Waals surface area contributed by atoms with Crippen molar-refractivity contribution in [1.29, 1.82) is 5.26 Å². The molecule has 0 unspecified atom stereocenters. The Labute approximate surface area is 154 Å². The van der Waals surface area contributed by atoms with E-state index in [0.717, 1.165) is 11.8 Å². The first-order valence-corrected chi connectivity index (χ1v) is 8.51. The number of amides is 1. The first-order chi connectivity index (χ1) is 12.6. The molecule has 0 saturated carbocycles. The molecule has 0 aliphatic heterocycles. The molecule has 0 saturated heterocycles. The average molecular weight is 378 g/mol. The Bertz CT molecular complexity index is 777. The summed E-state index contributed by atoms with van der Waals surface area (Å²) in [5.41, 5.74) is 0.595. The van der Waals surface area contributed by atoms with Crippen LogP contribution >= 0.6 is 11.8 Å². The van der Waals surface area contributed by atoms with Crippen LogP contribution in [0.25, 0.3) is 11.5 Å². The van der Waals surface area contributed by atoms with Crippen LogP contribution in [0.1, 0.15) is 6.42 Å². The monoisotopic (exact) mass is 378 g/mol. The summed E-state index contributed by atoms with van der Waals surface area (Å²) in [6.07, 6.45) is 0.266. The quantitative estimate of drug-likeness (QED) is 0.515. The highest BCUT2D eigenvalue weighted by atomic mass is 32.2. The summed E-state index contributed by atoms with van der Waals surface area (Å²) in [5, 5.41) is 19.2. The minimum absolute atomic E-state index is 0.113. The van der Waals surface area contributed by atoms with Crippen molar-refractivity contribution in [1.82, 2.24) is 15.5 Å². The van der Waals surface area contributed by atoms with Crippen LogP contribution in [-0.2, 0) is 4.79 Å². The molecule has 1 aromatic heterocycles. The van der Waals surface area contributed by atoms with Gasteiger partial charge in [-0.2, -0.15) is 5.26 Å². The zero-order valence-electron chi connectivity index (χ0n) is 14.6. The number of nitrogens with zero attached hydrogens (tertiary/aromatic N) is 3. The average Bonchev–Trinajstić information content (AvgIpc) is 3.14. The molecular formula is C16H18N4O5S. The highest BCUT2D eigenvalue weighted by Crippen LogP contribution is 2.41. The normalized spacial score (nSPS) is 10.1. The molecule has 138 valence electrons. The second-order valence-corrected chi connectivity index (χ2v) is 5.76. The first kappa shape index (κ1) is 19.4. The molecule has 0 fully saturated rings. The van der Waals surface area contributed by atoms with Crippen LogP contribution in [0.2, 0.25) is 0 Å². The van der Waals surface area contributed by atoms with Gasteiger partial charge in [-0.3, -0.25) is 4.79 Å². The maximum atomic E-state index is 11.6. The van der Waals surface area contributed by atoms with Crippen molar-refractivity contribution in [3.63, 3.8) is 0 Å². The molecule has 10 heteroatoms. The summed E-state index contributed by atoms with van der Waals surface area (Å²) in [7, 11) is 4.55. The van der Waals surface area contributed by atoms with Crippen LogP contribution in [0.5, 0.6) is 17.2 Å². The van der Waals surface area contributed by atoms with E-state index in [4.69, 9.17) is 23.9 Å². The molecule has 1 amide bonds. The van der Waals surface area contributed by atoms with Gasteiger partial charge in [0.2, 0.25) is 17.5 Å². The number of rotatable bonds is 9. The van der Waals surface area contributed by atoms with Gasteiger partial charge in [0.25, 0.3) is 5.22 Å². The lowest BCUT2D eigenvalue weighted by atomic mass is 10.2. The molecule has 9 nitrogen and oxygen atoms in total. The van der Waals surface area contributed by atoms with Crippen molar-refractivity contribution >= 4 is 17.7 Å². The Morgan fingerprint density at radius 2 is 1.92 bits per heavy atom. The van der Waals surface area contributed by atoms with Crippen molar-refractivity contribution in [2.45, 2.75) is 11.6 Å². The van der Waals surface area contributed by atoms with Crippen LogP contribution in [0.3, 0.4) is 0 Å². The predicted octanol–water partition coefficient (Wildman–Crippen LogP) is 1.88. The van der Waals surface area contributed by atoms with Gasteiger partial charge >= 0.3 is 0 Å². The van der Waals surface area contributed by atoms with Gasteiger partial charge in [0.1, 0.15) is 0 Å². The predicted molar refractivity (Wildman–Crippen MR) is 93.4 cm³/mol. The zero-order chi connectivity index (χ0) is 18.9. The van der Waals surface area contributed by atoms with E-state index in [9.17, 15) is 4.79 Å². The third-order valence-electron chi connectivity index (χ3n) is 3.20. The van der Waals surface area contributed by atoms with Crippen LogP contribution in [0.4, 0.5) is 0 Å². The second kappa shape index (κ2) is 9.53. The lowest BCUT2D eigenvalue weighted by Crippen LogP contribution is -2.25. The molecule has 0 spiro atoms. The minimum atomic E-state index is -0.210. The van der Waals surface area contributed by atoms with Crippen LogP contribution in [-0.4, -0.2) is 49.7 Å². The lowest BCUT2D eigenvalue weighted by Gasteiger charge is -2.12. The van der Waals surface area contributed by atoms with Gasteiger partial charge in [-0.15, -0.1) is 10.2 Å². The standard InChI is InChI=1S/C16H18N4O5S/c1-22-11-7-10(8-12(23-2)14(11)24-3)15-19-20-16(25-15)26-9-13(21)18-6-4-5-17/h7-8H,4,6,9H2,1-3H3,(H,18,21). The molecule has 1 N–H and O–H groups in total. The Morgan fingerprint density at radius 1 is 1.23 bits per heavy atom. The number of aromatic nitrogens is 2. The maximum absolute atomic E-state index is 11.6. The number of carbonyl (C=O) groups excluding carboxylic acids is 1.